The zero-order valence-corrected chi connectivity index (χ0v) is 14.8. The van der Waals surface area contributed by atoms with Crippen LogP contribution in [0.15, 0.2) is 57.9 Å². The number of rotatable bonds is 5. The number of hydrogen-bond acceptors (Lipinski definition) is 6. The van der Waals surface area contributed by atoms with Gasteiger partial charge in [0, 0.05) is 6.07 Å². The Morgan fingerprint density at radius 3 is 2.46 bits per heavy atom. The van der Waals surface area contributed by atoms with Crippen LogP contribution in [-0.2, 0) is 10.0 Å². The summed E-state index contributed by atoms with van der Waals surface area (Å²) in [5.41, 5.74) is -0.358. The number of ketones is 1. The predicted octanol–water partition coefficient (Wildman–Crippen LogP) is 3.16. The molecule has 1 aromatic heterocycles. The van der Waals surface area contributed by atoms with Crippen molar-refractivity contribution in [1.29, 1.82) is 0 Å². The second-order valence-corrected chi connectivity index (χ2v) is 7.42. The quantitative estimate of drug-likeness (QED) is 0.689. The molecule has 0 radical (unpaired) electrons. The average molecular weight is 373 g/mol. The summed E-state index contributed by atoms with van der Waals surface area (Å²) in [5, 5.41) is 0.114. The Hall–Kier alpha value is -3.13. The molecule has 0 amide bonds. The lowest BCUT2D eigenvalue weighted by molar-refractivity contribution is 0.101. The number of carbonyl (C=O) groups is 1. The molecule has 0 bridgehead atoms. The molecule has 1 heterocycles. The molecule has 134 valence electrons. The molecule has 0 atom stereocenters. The van der Waals surface area contributed by atoms with Crippen molar-refractivity contribution >= 4 is 32.5 Å². The van der Waals surface area contributed by atoms with E-state index in [4.69, 9.17) is 9.15 Å². The summed E-state index contributed by atoms with van der Waals surface area (Å²) in [6.45, 7) is 1.26. The molecule has 0 aliphatic heterocycles. The standard InChI is InChI=1S/C18H15NO6S/c1-11(20)14-10-24-16-9-15(19-26(2,22)23)17(8-13(16)18(14)21)25-12-6-4-3-5-7-12/h3-10,19H,1-2H3. The second-order valence-electron chi connectivity index (χ2n) is 5.67. The molecule has 7 nitrogen and oxygen atoms in total. The zero-order valence-electron chi connectivity index (χ0n) is 14.0. The fourth-order valence-corrected chi connectivity index (χ4v) is 2.94. The normalized spacial score (nSPS) is 11.3. The van der Waals surface area contributed by atoms with E-state index in [2.05, 4.69) is 4.72 Å². The summed E-state index contributed by atoms with van der Waals surface area (Å²) in [6.07, 6.45) is 2.06. The van der Waals surface area contributed by atoms with Crippen LogP contribution in [0.3, 0.4) is 0 Å². The SMILES string of the molecule is CC(=O)c1coc2cc(NS(C)(=O)=O)c(Oc3ccccc3)cc2c1=O. The van der Waals surface area contributed by atoms with Gasteiger partial charge in [-0.1, -0.05) is 18.2 Å². The molecule has 0 aliphatic carbocycles. The average Bonchev–Trinajstić information content (AvgIpc) is 2.55. The number of anilines is 1. The number of sulfonamides is 1. The van der Waals surface area contributed by atoms with Gasteiger partial charge in [0.25, 0.3) is 0 Å². The van der Waals surface area contributed by atoms with Crippen molar-refractivity contribution in [2.24, 2.45) is 0 Å². The molecule has 26 heavy (non-hydrogen) atoms. The number of fused-ring (bicyclic) bond motifs is 1. The van der Waals surface area contributed by atoms with Gasteiger partial charge in [0.1, 0.15) is 23.2 Å². The van der Waals surface area contributed by atoms with Gasteiger partial charge in [-0.05, 0) is 25.1 Å². The predicted molar refractivity (Wildman–Crippen MR) is 97.5 cm³/mol. The fraction of sp³-hybridized carbons (Fsp3) is 0.111. The first kappa shape index (κ1) is 17.7. The van der Waals surface area contributed by atoms with Crippen LogP contribution in [0.5, 0.6) is 11.5 Å². The summed E-state index contributed by atoms with van der Waals surface area (Å²) < 4.78 is 36.7. The minimum atomic E-state index is -3.60. The number of hydrogen-bond donors (Lipinski definition) is 1. The lowest BCUT2D eigenvalue weighted by Gasteiger charge is -2.13. The van der Waals surface area contributed by atoms with Crippen molar-refractivity contribution in [2.75, 3.05) is 11.0 Å². The van der Waals surface area contributed by atoms with E-state index in [1.807, 2.05) is 0 Å². The van der Waals surface area contributed by atoms with Crippen LogP contribution in [0.2, 0.25) is 0 Å². The Morgan fingerprint density at radius 1 is 1.15 bits per heavy atom. The molecule has 0 spiro atoms. The first-order valence-corrected chi connectivity index (χ1v) is 9.45. The molecule has 3 aromatic rings. The smallest absolute Gasteiger partial charge is 0.229 e. The van der Waals surface area contributed by atoms with E-state index in [1.165, 1.54) is 19.1 Å². The van der Waals surface area contributed by atoms with Crippen molar-refractivity contribution in [1.82, 2.24) is 0 Å². The highest BCUT2D eigenvalue weighted by atomic mass is 32.2. The monoisotopic (exact) mass is 373 g/mol. The molecular weight excluding hydrogens is 358 g/mol. The van der Waals surface area contributed by atoms with Crippen LogP contribution >= 0.6 is 0 Å². The van der Waals surface area contributed by atoms with Crippen molar-refractivity contribution in [3.05, 3.63) is 64.5 Å². The second kappa shape index (κ2) is 6.64. The number of Topliss-reactive ketones (excluding diaryl/α,β-unsaturated/α-hetero) is 1. The summed E-state index contributed by atoms with van der Waals surface area (Å²) in [7, 11) is -3.60. The molecule has 0 unspecified atom stereocenters. The summed E-state index contributed by atoms with van der Waals surface area (Å²) in [4.78, 5) is 24.1. The molecule has 1 N–H and O–H groups in total. The van der Waals surface area contributed by atoms with Gasteiger partial charge in [0.05, 0.1) is 17.3 Å². The summed E-state index contributed by atoms with van der Waals surface area (Å²) in [6, 6.07) is 11.4. The lowest BCUT2D eigenvalue weighted by atomic mass is 10.1. The summed E-state index contributed by atoms with van der Waals surface area (Å²) >= 11 is 0. The maximum absolute atomic E-state index is 12.5. The van der Waals surface area contributed by atoms with Crippen molar-refractivity contribution in [3.8, 4) is 11.5 Å². The van der Waals surface area contributed by atoms with E-state index in [1.54, 1.807) is 30.3 Å². The van der Waals surface area contributed by atoms with Gasteiger partial charge in [-0.25, -0.2) is 8.42 Å². The Labute approximate surface area is 149 Å². The van der Waals surface area contributed by atoms with E-state index < -0.39 is 21.2 Å². The van der Waals surface area contributed by atoms with Gasteiger partial charge in [-0.3, -0.25) is 14.3 Å². The molecule has 8 heteroatoms. The fourth-order valence-electron chi connectivity index (χ4n) is 2.38. The van der Waals surface area contributed by atoms with Crippen LogP contribution in [-0.4, -0.2) is 20.5 Å². The first-order chi connectivity index (χ1) is 12.2. The zero-order chi connectivity index (χ0) is 18.9. The van der Waals surface area contributed by atoms with Gasteiger partial charge in [-0.2, -0.15) is 0 Å². The van der Waals surface area contributed by atoms with Crippen molar-refractivity contribution < 1.29 is 22.4 Å². The molecule has 0 fully saturated rings. The van der Waals surface area contributed by atoms with Gasteiger partial charge in [0.2, 0.25) is 15.5 Å². The van der Waals surface area contributed by atoms with Crippen LogP contribution in [0.1, 0.15) is 17.3 Å². The van der Waals surface area contributed by atoms with Gasteiger partial charge < -0.3 is 9.15 Å². The molecule has 0 saturated heterocycles. The molecular formula is C18H15NO6S. The lowest BCUT2D eigenvalue weighted by Crippen LogP contribution is -2.14. The highest BCUT2D eigenvalue weighted by Gasteiger charge is 2.17. The van der Waals surface area contributed by atoms with E-state index in [9.17, 15) is 18.0 Å². The number of ether oxygens (including phenoxy) is 1. The number of para-hydroxylation sites is 1. The molecule has 0 saturated carbocycles. The van der Waals surface area contributed by atoms with Gasteiger partial charge >= 0.3 is 0 Å². The third-order valence-electron chi connectivity index (χ3n) is 3.52. The van der Waals surface area contributed by atoms with E-state index in [0.717, 1.165) is 12.5 Å². The highest BCUT2D eigenvalue weighted by molar-refractivity contribution is 7.92. The maximum atomic E-state index is 12.5. The van der Waals surface area contributed by atoms with Crippen molar-refractivity contribution in [3.63, 3.8) is 0 Å². The van der Waals surface area contributed by atoms with Crippen LogP contribution < -0.4 is 14.9 Å². The highest BCUT2D eigenvalue weighted by Crippen LogP contribution is 2.33. The molecule has 0 aliphatic rings. The third kappa shape index (κ3) is 3.75. The van der Waals surface area contributed by atoms with Crippen molar-refractivity contribution in [2.45, 2.75) is 6.92 Å². The number of carbonyl (C=O) groups excluding carboxylic acids is 1. The third-order valence-corrected chi connectivity index (χ3v) is 4.11. The Bertz CT molecular complexity index is 1150. The molecule has 3 rings (SSSR count). The Kier molecular flexibility index (Phi) is 4.52. The van der Waals surface area contributed by atoms with Gasteiger partial charge in [0.15, 0.2) is 11.5 Å². The van der Waals surface area contributed by atoms with E-state index in [-0.39, 0.29) is 28.0 Å². The minimum absolute atomic E-state index is 0.0908. The van der Waals surface area contributed by atoms with E-state index in [0.29, 0.717) is 5.75 Å². The topological polar surface area (TPSA) is 103 Å². The minimum Gasteiger partial charge on any atom is -0.463 e. The van der Waals surface area contributed by atoms with E-state index >= 15 is 0 Å². The molecule has 2 aromatic carbocycles. The maximum Gasteiger partial charge on any atom is 0.229 e. The number of nitrogens with one attached hydrogen (secondary N) is 1. The first-order valence-electron chi connectivity index (χ1n) is 7.56. The van der Waals surface area contributed by atoms with Crippen LogP contribution in [0.4, 0.5) is 5.69 Å². The van der Waals surface area contributed by atoms with Gasteiger partial charge in [-0.15, -0.1) is 0 Å². The Morgan fingerprint density at radius 2 is 1.85 bits per heavy atom. The van der Waals surface area contributed by atoms with Crippen LogP contribution in [0.25, 0.3) is 11.0 Å². The largest absolute Gasteiger partial charge is 0.463 e. The Balaban J connectivity index is 2.23. The number of benzene rings is 2. The van der Waals surface area contributed by atoms with Crippen LogP contribution in [0, 0.1) is 0 Å². The summed E-state index contributed by atoms with van der Waals surface area (Å²) in [5.74, 6) is 0.141.